The van der Waals surface area contributed by atoms with Gasteiger partial charge in [0.2, 0.25) is 0 Å². The first-order chi connectivity index (χ1) is 3.43. The molecular formula is C4H9N2O. The Balaban J connectivity index is 2.14. The van der Waals surface area contributed by atoms with E-state index in [0.717, 1.165) is 6.67 Å². The van der Waals surface area contributed by atoms with E-state index in [1.165, 1.54) is 0 Å². The van der Waals surface area contributed by atoms with Gasteiger partial charge >= 0.3 is 0 Å². The molecule has 0 aromatic rings. The molecule has 1 radical (unpaired) electrons. The zero-order valence-corrected chi connectivity index (χ0v) is 4.27. The van der Waals surface area contributed by atoms with E-state index in [4.69, 9.17) is 4.74 Å². The molecular weight excluding hydrogens is 92.1 g/mol. The van der Waals surface area contributed by atoms with Gasteiger partial charge < -0.3 is 4.74 Å². The monoisotopic (exact) mass is 101 g/mol. The van der Waals surface area contributed by atoms with Crippen LogP contribution in [0.2, 0.25) is 0 Å². The molecule has 1 unspecified atom stereocenters. The van der Waals surface area contributed by atoms with Gasteiger partial charge in [0.1, 0.15) is 6.23 Å². The second-order valence-corrected chi connectivity index (χ2v) is 1.41. The van der Waals surface area contributed by atoms with E-state index in [2.05, 4.69) is 10.6 Å². The van der Waals surface area contributed by atoms with Crippen LogP contribution in [-0.4, -0.2) is 20.0 Å². The molecule has 3 heteroatoms. The van der Waals surface area contributed by atoms with Gasteiger partial charge in [-0.1, -0.05) is 0 Å². The predicted octanol–water partition coefficient (Wildman–Crippen LogP) is -0.729. The van der Waals surface area contributed by atoms with Crippen molar-refractivity contribution in [1.29, 1.82) is 0 Å². The molecule has 1 saturated heterocycles. The van der Waals surface area contributed by atoms with Gasteiger partial charge in [0.05, 0.1) is 6.54 Å². The van der Waals surface area contributed by atoms with Crippen LogP contribution in [0.25, 0.3) is 0 Å². The van der Waals surface area contributed by atoms with Gasteiger partial charge in [0, 0.05) is 13.8 Å². The fourth-order valence-electron chi connectivity index (χ4n) is 0.536. The Kier molecular flexibility index (Phi) is 1.62. The quantitative estimate of drug-likeness (QED) is 0.457. The molecule has 7 heavy (non-hydrogen) atoms. The Morgan fingerprint density at radius 2 is 2.71 bits per heavy atom. The molecule has 1 atom stereocenters. The van der Waals surface area contributed by atoms with E-state index in [1.54, 1.807) is 7.11 Å². The fourth-order valence-corrected chi connectivity index (χ4v) is 0.536. The molecule has 2 N–H and O–H groups in total. The van der Waals surface area contributed by atoms with Crippen molar-refractivity contribution in [1.82, 2.24) is 10.6 Å². The molecule has 41 valence electrons. The standard InChI is InChI=1S/C4H9N2O/c1-7-4-2-5-3-6-4/h2,4-6H,3H2,1H3. The molecule has 1 fully saturated rings. The zero-order valence-electron chi connectivity index (χ0n) is 4.27. The summed E-state index contributed by atoms with van der Waals surface area (Å²) in [6, 6.07) is 0. The molecule has 0 aromatic heterocycles. The maximum absolute atomic E-state index is 4.88. The van der Waals surface area contributed by atoms with E-state index >= 15 is 0 Å². The van der Waals surface area contributed by atoms with Gasteiger partial charge in [-0.05, 0) is 0 Å². The van der Waals surface area contributed by atoms with Crippen LogP contribution in [0.1, 0.15) is 0 Å². The molecule has 0 aliphatic carbocycles. The Bertz CT molecular complexity index is 51.7. The molecule has 0 bridgehead atoms. The summed E-state index contributed by atoms with van der Waals surface area (Å²) < 4.78 is 4.88. The summed E-state index contributed by atoms with van der Waals surface area (Å²) in [5.74, 6) is 0. The first kappa shape index (κ1) is 5.03. The van der Waals surface area contributed by atoms with Gasteiger partial charge in [-0.2, -0.15) is 0 Å². The average molecular weight is 101 g/mol. The molecule has 1 aliphatic rings. The van der Waals surface area contributed by atoms with Crippen LogP contribution in [0, 0.1) is 6.54 Å². The third kappa shape index (κ3) is 1.12. The fraction of sp³-hybridized carbons (Fsp3) is 0.750. The highest BCUT2D eigenvalue weighted by atomic mass is 16.5. The number of nitrogens with one attached hydrogen (secondary N) is 2. The number of ether oxygens (including phenoxy) is 1. The third-order valence-electron chi connectivity index (χ3n) is 0.928. The largest absolute Gasteiger partial charge is 0.365 e. The molecule has 3 nitrogen and oxygen atoms in total. The minimum atomic E-state index is 0.111. The van der Waals surface area contributed by atoms with Gasteiger partial charge in [0.25, 0.3) is 0 Å². The van der Waals surface area contributed by atoms with Crippen LogP contribution in [-0.2, 0) is 4.74 Å². The van der Waals surface area contributed by atoms with Crippen LogP contribution in [0.15, 0.2) is 0 Å². The summed E-state index contributed by atoms with van der Waals surface area (Å²) in [6.45, 7) is 2.69. The summed E-state index contributed by atoms with van der Waals surface area (Å²) in [5.41, 5.74) is 0. The van der Waals surface area contributed by atoms with Crippen LogP contribution < -0.4 is 10.6 Å². The van der Waals surface area contributed by atoms with Gasteiger partial charge in [-0.15, -0.1) is 0 Å². The zero-order chi connectivity index (χ0) is 5.11. The van der Waals surface area contributed by atoms with E-state index in [1.807, 2.05) is 6.54 Å². The lowest BCUT2D eigenvalue weighted by atomic mass is 10.6. The van der Waals surface area contributed by atoms with Crippen molar-refractivity contribution in [2.45, 2.75) is 6.23 Å². The summed E-state index contributed by atoms with van der Waals surface area (Å²) in [4.78, 5) is 0. The smallest absolute Gasteiger partial charge is 0.125 e. The lowest BCUT2D eigenvalue weighted by Gasteiger charge is -2.02. The van der Waals surface area contributed by atoms with E-state index in [9.17, 15) is 0 Å². The highest BCUT2D eigenvalue weighted by molar-refractivity contribution is 4.77. The molecule has 0 amide bonds. The lowest BCUT2D eigenvalue weighted by Crippen LogP contribution is -2.22. The second kappa shape index (κ2) is 2.26. The highest BCUT2D eigenvalue weighted by Gasteiger charge is 2.10. The maximum Gasteiger partial charge on any atom is 0.125 e. The summed E-state index contributed by atoms with van der Waals surface area (Å²) in [7, 11) is 1.67. The van der Waals surface area contributed by atoms with Gasteiger partial charge in [-0.3, -0.25) is 10.6 Å². The number of hydrogen-bond donors (Lipinski definition) is 2. The third-order valence-corrected chi connectivity index (χ3v) is 0.928. The van der Waals surface area contributed by atoms with Crippen molar-refractivity contribution in [2.24, 2.45) is 0 Å². The molecule has 0 aromatic carbocycles. The van der Waals surface area contributed by atoms with Crippen molar-refractivity contribution in [3.63, 3.8) is 0 Å². The predicted molar refractivity (Wildman–Crippen MR) is 26.2 cm³/mol. The van der Waals surface area contributed by atoms with Crippen LogP contribution in [0.4, 0.5) is 0 Å². The van der Waals surface area contributed by atoms with Crippen LogP contribution in [0.3, 0.4) is 0 Å². The minimum absolute atomic E-state index is 0.111. The van der Waals surface area contributed by atoms with Crippen molar-refractivity contribution in [3.8, 4) is 0 Å². The number of hydrogen-bond acceptors (Lipinski definition) is 3. The Morgan fingerprint density at radius 3 is 3.00 bits per heavy atom. The molecule has 1 rings (SSSR count). The average Bonchev–Trinajstić information content (AvgIpc) is 2.14. The molecule has 0 saturated carbocycles. The SMILES string of the molecule is COC1[CH]NCN1. The topological polar surface area (TPSA) is 33.3 Å². The summed E-state index contributed by atoms with van der Waals surface area (Å²) in [6.07, 6.45) is 0.111. The van der Waals surface area contributed by atoms with E-state index in [0.29, 0.717) is 0 Å². The van der Waals surface area contributed by atoms with E-state index in [-0.39, 0.29) is 6.23 Å². The highest BCUT2D eigenvalue weighted by Crippen LogP contribution is 1.90. The van der Waals surface area contributed by atoms with Crippen molar-refractivity contribution in [2.75, 3.05) is 13.8 Å². The normalized spacial score (nSPS) is 31.3. The lowest BCUT2D eigenvalue weighted by molar-refractivity contribution is 0.116. The maximum atomic E-state index is 4.88. The summed E-state index contributed by atoms with van der Waals surface area (Å²) in [5, 5.41) is 5.98. The van der Waals surface area contributed by atoms with Gasteiger partial charge in [0.15, 0.2) is 0 Å². The van der Waals surface area contributed by atoms with Crippen molar-refractivity contribution < 1.29 is 4.74 Å². The van der Waals surface area contributed by atoms with Crippen LogP contribution >= 0.6 is 0 Å². The van der Waals surface area contributed by atoms with E-state index < -0.39 is 0 Å². The van der Waals surface area contributed by atoms with Crippen LogP contribution in [0.5, 0.6) is 0 Å². The number of methoxy groups -OCH3 is 1. The Hall–Kier alpha value is -0.120. The molecule has 1 heterocycles. The number of rotatable bonds is 1. The Labute approximate surface area is 43.0 Å². The second-order valence-electron chi connectivity index (χ2n) is 1.41. The first-order valence-electron chi connectivity index (χ1n) is 2.26. The van der Waals surface area contributed by atoms with Gasteiger partial charge in [-0.25, -0.2) is 0 Å². The molecule has 1 aliphatic heterocycles. The van der Waals surface area contributed by atoms with Crippen molar-refractivity contribution >= 4 is 0 Å². The summed E-state index contributed by atoms with van der Waals surface area (Å²) >= 11 is 0. The van der Waals surface area contributed by atoms with Crippen molar-refractivity contribution in [3.05, 3.63) is 6.54 Å². The Morgan fingerprint density at radius 1 is 1.86 bits per heavy atom. The first-order valence-corrected chi connectivity index (χ1v) is 2.26. The minimum Gasteiger partial charge on any atom is -0.365 e. The molecule has 0 spiro atoms.